The van der Waals surface area contributed by atoms with Crippen LogP contribution in [0.25, 0.3) is 0 Å². The molecule has 1 heterocycles. The highest BCUT2D eigenvalue weighted by molar-refractivity contribution is 7.42. The topological polar surface area (TPSA) is 27.7 Å². The van der Waals surface area contributed by atoms with Crippen LogP contribution in [0.15, 0.2) is 12.7 Å². The molecule has 1 fully saturated rings. The lowest BCUT2D eigenvalue weighted by molar-refractivity contribution is 0.187. The fourth-order valence-corrected chi connectivity index (χ4v) is 1.93. The Morgan fingerprint density at radius 1 is 1.45 bits per heavy atom. The summed E-state index contributed by atoms with van der Waals surface area (Å²) in [6.07, 6.45) is 1.97. The molecule has 0 spiro atoms. The molecule has 4 heteroatoms. The summed E-state index contributed by atoms with van der Waals surface area (Å²) in [5.41, 5.74) is 0. The number of rotatable bonds is 3. The van der Waals surface area contributed by atoms with E-state index < -0.39 is 8.60 Å². The monoisotopic (exact) mass is 176 g/mol. The highest BCUT2D eigenvalue weighted by Crippen LogP contribution is 2.48. The molecule has 0 amide bonds. The molecule has 1 rings (SSSR count). The van der Waals surface area contributed by atoms with Gasteiger partial charge in [0.25, 0.3) is 0 Å². The van der Waals surface area contributed by atoms with Gasteiger partial charge in [-0.1, -0.05) is 6.08 Å². The van der Waals surface area contributed by atoms with Gasteiger partial charge in [-0.2, -0.15) is 0 Å². The normalized spacial score (nSPS) is 37.5. The van der Waals surface area contributed by atoms with Crippen molar-refractivity contribution in [2.45, 2.75) is 26.1 Å². The first kappa shape index (κ1) is 9.14. The van der Waals surface area contributed by atoms with E-state index in [-0.39, 0.29) is 12.2 Å². The van der Waals surface area contributed by atoms with E-state index in [9.17, 15) is 0 Å². The predicted molar refractivity (Wildman–Crippen MR) is 44.2 cm³/mol. The lowest BCUT2D eigenvalue weighted by Crippen LogP contribution is -2.13. The zero-order chi connectivity index (χ0) is 8.27. The van der Waals surface area contributed by atoms with Crippen molar-refractivity contribution in [3.8, 4) is 0 Å². The van der Waals surface area contributed by atoms with E-state index in [4.69, 9.17) is 13.6 Å². The first-order chi connectivity index (χ1) is 5.24. The first-order valence-corrected chi connectivity index (χ1v) is 4.71. The van der Waals surface area contributed by atoms with Crippen molar-refractivity contribution in [3.05, 3.63) is 12.7 Å². The van der Waals surface area contributed by atoms with Crippen molar-refractivity contribution in [1.29, 1.82) is 0 Å². The highest BCUT2D eigenvalue weighted by atomic mass is 31.2. The minimum absolute atomic E-state index is 0.144. The minimum Gasteiger partial charge on any atom is -0.308 e. The third-order valence-corrected chi connectivity index (χ3v) is 2.83. The van der Waals surface area contributed by atoms with Crippen molar-refractivity contribution in [2.75, 3.05) is 6.61 Å². The van der Waals surface area contributed by atoms with Gasteiger partial charge >= 0.3 is 8.60 Å². The Kier molecular flexibility index (Phi) is 3.46. The van der Waals surface area contributed by atoms with Crippen LogP contribution in [0.3, 0.4) is 0 Å². The average Bonchev–Trinajstić information content (AvgIpc) is 2.28. The Hall–Kier alpha value is 0.0500. The second-order valence-corrected chi connectivity index (χ2v) is 3.56. The Balaban J connectivity index is 2.23. The van der Waals surface area contributed by atoms with Crippen LogP contribution in [-0.4, -0.2) is 18.8 Å². The number of hydrogen-bond acceptors (Lipinski definition) is 3. The van der Waals surface area contributed by atoms with Crippen molar-refractivity contribution in [2.24, 2.45) is 0 Å². The molecule has 0 radical (unpaired) electrons. The van der Waals surface area contributed by atoms with E-state index >= 15 is 0 Å². The zero-order valence-corrected chi connectivity index (χ0v) is 7.71. The highest BCUT2D eigenvalue weighted by Gasteiger charge is 2.31. The summed E-state index contributed by atoms with van der Waals surface area (Å²) >= 11 is 0. The van der Waals surface area contributed by atoms with Gasteiger partial charge in [-0.3, -0.25) is 0 Å². The lowest BCUT2D eigenvalue weighted by atomic mass is 10.3. The Labute approximate surface area is 68.3 Å². The molecular weight excluding hydrogens is 163 g/mol. The van der Waals surface area contributed by atoms with Crippen molar-refractivity contribution in [3.63, 3.8) is 0 Å². The molecule has 3 nitrogen and oxygen atoms in total. The standard InChI is InChI=1S/C7H13O3P/c1-4-5-8-11-9-6(2)7(3)10-11/h4,6-7H,1,5H2,2-3H3. The largest absolute Gasteiger partial charge is 0.333 e. The van der Waals surface area contributed by atoms with E-state index in [2.05, 4.69) is 6.58 Å². The Morgan fingerprint density at radius 3 is 2.45 bits per heavy atom. The van der Waals surface area contributed by atoms with Gasteiger partial charge in [-0.25, -0.2) is 0 Å². The SMILES string of the molecule is C=CCOP1OC(C)C(C)O1. The first-order valence-electron chi connectivity index (χ1n) is 3.61. The molecule has 0 aromatic carbocycles. The van der Waals surface area contributed by atoms with Crippen LogP contribution >= 0.6 is 8.60 Å². The van der Waals surface area contributed by atoms with E-state index in [1.165, 1.54) is 0 Å². The van der Waals surface area contributed by atoms with Gasteiger partial charge in [0.05, 0.1) is 18.8 Å². The molecule has 1 aliphatic rings. The molecular formula is C7H13O3P. The van der Waals surface area contributed by atoms with Crippen LogP contribution in [0.4, 0.5) is 0 Å². The van der Waals surface area contributed by atoms with Gasteiger partial charge in [-0.15, -0.1) is 6.58 Å². The fraction of sp³-hybridized carbons (Fsp3) is 0.714. The zero-order valence-electron chi connectivity index (χ0n) is 6.82. The van der Waals surface area contributed by atoms with Crippen LogP contribution in [0.2, 0.25) is 0 Å². The van der Waals surface area contributed by atoms with Gasteiger partial charge < -0.3 is 13.6 Å². The van der Waals surface area contributed by atoms with Crippen molar-refractivity contribution >= 4 is 8.60 Å². The molecule has 0 bridgehead atoms. The van der Waals surface area contributed by atoms with Crippen LogP contribution in [-0.2, 0) is 13.6 Å². The Bertz CT molecular complexity index is 130. The van der Waals surface area contributed by atoms with Crippen LogP contribution in [0.1, 0.15) is 13.8 Å². The molecule has 1 saturated heterocycles. The van der Waals surface area contributed by atoms with Crippen LogP contribution in [0.5, 0.6) is 0 Å². The molecule has 64 valence electrons. The van der Waals surface area contributed by atoms with Crippen molar-refractivity contribution < 1.29 is 13.6 Å². The Morgan fingerprint density at radius 2 is 2.00 bits per heavy atom. The summed E-state index contributed by atoms with van der Waals surface area (Å²) in [5, 5.41) is 0. The van der Waals surface area contributed by atoms with E-state index in [1.807, 2.05) is 13.8 Å². The van der Waals surface area contributed by atoms with E-state index in [0.29, 0.717) is 6.61 Å². The van der Waals surface area contributed by atoms with Gasteiger partial charge in [0.1, 0.15) is 0 Å². The summed E-state index contributed by atoms with van der Waals surface area (Å²) in [6, 6.07) is 0. The molecule has 1 aliphatic heterocycles. The molecule has 0 N–H and O–H groups in total. The second-order valence-electron chi connectivity index (χ2n) is 2.43. The average molecular weight is 176 g/mol. The molecule has 0 aliphatic carbocycles. The van der Waals surface area contributed by atoms with Gasteiger partial charge in [0, 0.05) is 0 Å². The van der Waals surface area contributed by atoms with E-state index in [1.54, 1.807) is 6.08 Å². The summed E-state index contributed by atoms with van der Waals surface area (Å²) in [6.45, 7) is 7.98. The molecule has 2 atom stereocenters. The van der Waals surface area contributed by atoms with Crippen LogP contribution < -0.4 is 0 Å². The van der Waals surface area contributed by atoms with E-state index in [0.717, 1.165) is 0 Å². The summed E-state index contributed by atoms with van der Waals surface area (Å²) in [4.78, 5) is 0. The maximum absolute atomic E-state index is 5.35. The fourth-order valence-electron chi connectivity index (χ4n) is 0.642. The molecule has 11 heavy (non-hydrogen) atoms. The maximum Gasteiger partial charge on any atom is 0.333 e. The second kappa shape index (κ2) is 4.17. The number of hydrogen-bond donors (Lipinski definition) is 0. The molecule has 2 unspecified atom stereocenters. The molecule has 0 saturated carbocycles. The smallest absolute Gasteiger partial charge is 0.308 e. The quantitative estimate of drug-likeness (QED) is 0.487. The summed E-state index contributed by atoms with van der Waals surface area (Å²) < 4.78 is 15.9. The van der Waals surface area contributed by atoms with Gasteiger partial charge in [0.15, 0.2) is 0 Å². The van der Waals surface area contributed by atoms with Gasteiger partial charge in [0.2, 0.25) is 0 Å². The predicted octanol–water partition coefficient (Wildman–Crippen LogP) is 2.24. The third kappa shape index (κ3) is 2.53. The van der Waals surface area contributed by atoms with Crippen molar-refractivity contribution in [1.82, 2.24) is 0 Å². The minimum atomic E-state index is -1.10. The molecule has 0 aromatic heterocycles. The summed E-state index contributed by atoms with van der Waals surface area (Å²) in [5.74, 6) is 0. The lowest BCUT2D eigenvalue weighted by Gasteiger charge is -2.05. The molecule has 0 aromatic rings. The maximum atomic E-state index is 5.35. The third-order valence-electron chi connectivity index (χ3n) is 1.46. The van der Waals surface area contributed by atoms with Gasteiger partial charge in [-0.05, 0) is 13.8 Å². The van der Waals surface area contributed by atoms with Crippen LogP contribution in [0, 0.1) is 0 Å². The summed E-state index contributed by atoms with van der Waals surface area (Å²) in [7, 11) is -1.10.